The molecule has 36 valence electrons. The van der Waals surface area contributed by atoms with Crippen LogP contribution in [-0.2, 0) is 4.43 Å². The van der Waals surface area contributed by atoms with E-state index in [2.05, 4.69) is 13.1 Å². The lowest BCUT2D eigenvalue weighted by atomic mass is 10.7. The highest BCUT2D eigenvalue weighted by Gasteiger charge is 1.69. The minimum atomic E-state index is -0.168. The van der Waals surface area contributed by atoms with Gasteiger partial charge >= 0.3 is 0 Å². The Hall–Kier alpha value is -0.0831. The van der Waals surface area contributed by atoms with Crippen LogP contribution in [0, 0.1) is 0 Å². The second kappa shape index (κ2) is 4.92. The van der Waals surface area contributed by atoms with Gasteiger partial charge in [-0.05, 0) is 0 Å². The summed E-state index contributed by atoms with van der Waals surface area (Å²) in [5, 5.41) is 0. The standard InChI is InChI=1S/C4H10OSi/c1-3-4-5-6-2/h3H,1,4,6H2,2H3. The van der Waals surface area contributed by atoms with E-state index >= 15 is 0 Å². The lowest BCUT2D eigenvalue weighted by Gasteiger charge is -1.88. The van der Waals surface area contributed by atoms with Crippen LogP contribution in [0.3, 0.4) is 0 Å². The zero-order valence-corrected chi connectivity index (χ0v) is 5.52. The third-order valence-corrected chi connectivity index (χ3v) is 1.08. The molecule has 0 aromatic rings. The average Bonchev–Trinajstić information content (AvgIpc) is 1.61. The van der Waals surface area contributed by atoms with E-state index in [-0.39, 0.29) is 9.76 Å². The Morgan fingerprint density at radius 3 is 2.83 bits per heavy atom. The molecule has 0 fully saturated rings. The van der Waals surface area contributed by atoms with Crippen LogP contribution in [0.4, 0.5) is 0 Å². The molecule has 0 unspecified atom stereocenters. The summed E-state index contributed by atoms with van der Waals surface area (Å²) in [6.07, 6.45) is 1.77. The molecule has 0 amide bonds. The van der Waals surface area contributed by atoms with Crippen LogP contribution in [0.15, 0.2) is 12.7 Å². The van der Waals surface area contributed by atoms with Crippen LogP contribution in [0.25, 0.3) is 0 Å². The molecule has 0 aliphatic carbocycles. The second-order valence-corrected chi connectivity index (χ2v) is 1.93. The van der Waals surface area contributed by atoms with E-state index in [1.54, 1.807) is 6.08 Å². The first-order valence-corrected chi connectivity index (χ1v) is 4.09. The molecule has 0 aromatic heterocycles. The van der Waals surface area contributed by atoms with Crippen LogP contribution in [0.1, 0.15) is 0 Å². The summed E-state index contributed by atoms with van der Waals surface area (Å²) in [5.41, 5.74) is 0. The van der Waals surface area contributed by atoms with Crippen LogP contribution >= 0.6 is 0 Å². The van der Waals surface area contributed by atoms with Gasteiger partial charge in [0, 0.05) is 0 Å². The minimum absolute atomic E-state index is 0.168. The highest BCUT2D eigenvalue weighted by molar-refractivity contribution is 6.24. The molecule has 6 heavy (non-hydrogen) atoms. The van der Waals surface area contributed by atoms with Gasteiger partial charge in [-0.3, -0.25) is 0 Å². The van der Waals surface area contributed by atoms with E-state index in [0.717, 1.165) is 6.61 Å². The Morgan fingerprint density at radius 1 is 2.00 bits per heavy atom. The van der Waals surface area contributed by atoms with Gasteiger partial charge in [-0.25, -0.2) is 0 Å². The van der Waals surface area contributed by atoms with Gasteiger partial charge < -0.3 is 4.43 Å². The predicted molar refractivity (Wildman–Crippen MR) is 30.6 cm³/mol. The lowest BCUT2D eigenvalue weighted by Crippen LogP contribution is -1.90. The molecule has 0 radical (unpaired) electrons. The summed E-state index contributed by atoms with van der Waals surface area (Å²) in [6.45, 7) is 6.33. The molecule has 0 saturated carbocycles. The summed E-state index contributed by atoms with van der Waals surface area (Å²) < 4.78 is 5.00. The Labute approximate surface area is 41.0 Å². The van der Waals surface area contributed by atoms with Gasteiger partial charge in [-0.2, -0.15) is 0 Å². The molecule has 2 heteroatoms. The molecule has 0 saturated heterocycles. The van der Waals surface area contributed by atoms with E-state index in [4.69, 9.17) is 4.43 Å². The average molecular weight is 102 g/mol. The first kappa shape index (κ1) is 5.92. The van der Waals surface area contributed by atoms with Crippen molar-refractivity contribution >= 4 is 9.76 Å². The van der Waals surface area contributed by atoms with E-state index in [1.165, 1.54) is 0 Å². The monoisotopic (exact) mass is 102 g/mol. The summed E-state index contributed by atoms with van der Waals surface area (Å²) >= 11 is 0. The molecule has 0 bridgehead atoms. The number of hydrogen-bond acceptors (Lipinski definition) is 1. The van der Waals surface area contributed by atoms with Crippen molar-refractivity contribution < 1.29 is 4.43 Å². The second-order valence-electron chi connectivity index (χ2n) is 0.948. The van der Waals surface area contributed by atoms with Crippen molar-refractivity contribution in [2.24, 2.45) is 0 Å². The number of rotatable bonds is 3. The normalized spacial score (nSPS) is 10.2. The maximum Gasteiger partial charge on any atom is 0.158 e. The minimum Gasteiger partial charge on any atom is -0.421 e. The van der Waals surface area contributed by atoms with Gasteiger partial charge in [0.1, 0.15) is 0 Å². The summed E-state index contributed by atoms with van der Waals surface area (Å²) in [5.74, 6) is 0. The third kappa shape index (κ3) is 3.92. The zero-order valence-electron chi connectivity index (χ0n) is 4.11. The zero-order chi connectivity index (χ0) is 4.83. The SMILES string of the molecule is C=CCO[SiH2]C. The molecular formula is C4H10OSi. The topological polar surface area (TPSA) is 9.23 Å². The fourth-order valence-electron chi connectivity index (χ4n) is 0.201. The molecule has 0 N–H and O–H groups in total. The summed E-state index contributed by atoms with van der Waals surface area (Å²) in [4.78, 5) is 0. The first-order chi connectivity index (χ1) is 2.91. The predicted octanol–water partition coefficient (Wildman–Crippen LogP) is 0.321. The Balaban J connectivity index is 2.49. The van der Waals surface area contributed by atoms with E-state index in [1.807, 2.05) is 0 Å². The smallest absolute Gasteiger partial charge is 0.158 e. The van der Waals surface area contributed by atoms with E-state index < -0.39 is 0 Å². The largest absolute Gasteiger partial charge is 0.421 e. The van der Waals surface area contributed by atoms with Crippen molar-refractivity contribution in [3.63, 3.8) is 0 Å². The van der Waals surface area contributed by atoms with Gasteiger partial charge in [0.15, 0.2) is 9.76 Å². The lowest BCUT2D eigenvalue weighted by molar-refractivity contribution is 0.389. The van der Waals surface area contributed by atoms with Crippen LogP contribution in [-0.4, -0.2) is 16.4 Å². The Kier molecular flexibility index (Phi) is 4.85. The van der Waals surface area contributed by atoms with Gasteiger partial charge in [0.2, 0.25) is 0 Å². The fraction of sp³-hybridized carbons (Fsp3) is 0.500. The maximum absolute atomic E-state index is 5.00. The molecule has 0 spiro atoms. The highest BCUT2D eigenvalue weighted by atomic mass is 28.2. The molecule has 0 atom stereocenters. The molecule has 1 nitrogen and oxygen atoms in total. The molecule has 0 rings (SSSR count). The van der Waals surface area contributed by atoms with Crippen molar-refractivity contribution in [1.29, 1.82) is 0 Å². The van der Waals surface area contributed by atoms with Gasteiger partial charge in [0.25, 0.3) is 0 Å². The molecule has 0 heterocycles. The van der Waals surface area contributed by atoms with Crippen molar-refractivity contribution in [3.8, 4) is 0 Å². The quantitative estimate of drug-likeness (QED) is 0.283. The van der Waals surface area contributed by atoms with Crippen molar-refractivity contribution in [2.45, 2.75) is 6.55 Å². The van der Waals surface area contributed by atoms with E-state index in [0.29, 0.717) is 0 Å². The highest BCUT2D eigenvalue weighted by Crippen LogP contribution is 1.66. The summed E-state index contributed by atoms with van der Waals surface area (Å²) in [6, 6.07) is 0. The molecule has 0 aliphatic heterocycles. The van der Waals surface area contributed by atoms with Crippen LogP contribution in [0.2, 0.25) is 6.55 Å². The number of hydrogen-bond donors (Lipinski definition) is 0. The first-order valence-electron chi connectivity index (χ1n) is 2.10. The van der Waals surface area contributed by atoms with Crippen molar-refractivity contribution in [2.75, 3.05) is 6.61 Å². The Morgan fingerprint density at radius 2 is 2.67 bits per heavy atom. The third-order valence-electron chi connectivity index (χ3n) is 0.440. The van der Waals surface area contributed by atoms with E-state index in [9.17, 15) is 0 Å². The maximum atomic E-state index is 5.00. The van der Waals surface area contributed by atoms with Crippen molar-refractivity contribution in [1.82, 2.24) is 0 Å². The molecular weight excluding hydrogens is 92.1 g/mol. The van der Waals surface area contributed by atoms with Crippen molar-refractivity contribution in [3.05, 3.63) is 12.7 Å². The summed E-state index contributed by atoms with van der Waals surface area (Å²) in [7, 11) is -0.168. The fourth-order valence-corrected chi connectivity index (χ4v) is 0.604. The van der Waals surface area contributed by atoms with Gasteiger partial charge in [0.05, 0.1) is 6.61 Å². The van der Waals surface area contributed by atoms with Gasteiger partial charge in [-0.1, -0.05) is 12.6 Å². The van der Waals surface area contributed by atoms with Gasteiger partial charge in [-0.15, -0.1) is 6.58 Å². The van der Waals surface area contributed by atoms with Crippen LogP contribution in [0.5, 0.6) is 0 Å². The molecule has 0 aromatic carbocycles. The van der Waals surface area contributed by atoms with Crippen LogP contribution < -0.4 is 0 Å². The molecule has 0 aliphatic rings. The Bertz CT molecular complexity index is 36.5.